The molecule has 1 aliphatic rings. The van der Waals surface area contributed by atoms with Gasteiger partial charge in [0.1, 0.15) is 21.5 Å². The van der Waals surface area contributed by atoms with Gasteiger partial charge in [0, 0.05) is 12.0 Å². The fraction of sp³-hybridized carbons (Fsp3) is 0.200. The van der Waals surface area contributed by atoms with Crippen molar-refractivity contribution in [3.8, 4) is 28.7 Å². The number of rotatable bonds is 1. The first-order valence-electron chi connectivity index (χ1n) is 6.59. The molecule has 0 fully saturated rings. The third-order valence-electron chi connectivity index (χ3n) is 3.72. The van der Waals surface area contributed by atoms with E-state index in [1.807, 2.05) is 0 Å². The quantitative estimate of drug-likeness (QED) is 0.501. The average Bonchev–Trinajstić information content (AvgIpc) is 2.53. The van der Waals surface area contributed by atoms with Gasteiger partial charge in [0.15, 0.2) is 23.4 Å². The highest BCUT2D eigenvalue weighted by atomic mass is 35.5. The molecule has 0 radical (unpaired) electrons. The Morgan fingerprint density at radius 2 is 1.65 bits per heavy atom. The molecule has 3 rings (SSSR count). The highest BCUT2D eigenvalue weighted by molar-refractivity contribution is 6.39. The molecule has 2 aromatic carbocycles. The second-order valence-corrected chi connectivity index (χ2v) is 5.95. The van der Waals surface area contributed by atoms with Crippen molar-refractivity contribution in [2.45, 2.75) is 18.6 Å². The van der Waals surface area contributed by atoms with Crippen LogP contribution in [0, 0.1) is 0 Å². The van der Waals surface area contributed by atoms with Crippen molar-refractivity contribution >= 4 is 23.2 Å². The van der Waals surface area contributed by atoms with Crippen molar-refractivity contribution in [3.63, 3.8) is 0 Å². The fourth-order valence-electron chi connectivity index (χ4n) is 2.53. The van der Waals surface area contributed by atoms with Crippen LogP contribution >= 0.6 is 23.2 Å². The number of hydrogen-bond acceptors (Lipinski definition) is 6. The molecule has 0 amide bonds. The number of aliphatic hydroxyl groups is 1. The summed E-state index contributed by atoms with van der Waals surface area (Å²) >= 11 is 11.8. The number of aromatic hydroxyl groups is 4. The number of ether oxygens (including phenoxy) is 1. The van der Waals surface area contributed by atoms with Crippen LogP contribution in [0.4, 0.5) is 0 Å². The summed E-state index contributed by atoms with van der Waals surface area (Å²) in [5.74, 6) is -1.59. The molecular formula is C15H12Cl2O6. The Bertz CT molecular complexity index is 792. The van der Waals surface area contributed by atoms with Gasteiger partial charge in [-0.3, -0.25) is 0 Å². The topological polar surface area (TPSA) is 110 Å². The van der Waals surface area contributed by atoms with E-state index < -0.39 is 23.7 Å². The zero-order valence-corrected chi connectivity index (χ0v) is 13.0. The van der Waals surface area contributed by atoms with E-state index >= 15 is 0 Å². The van der Waals surface area contributed by atoms with E-state index in [1.165, 1.54) is 18.2 Å². The molecule has 0 saturated carbocycles. The first-order valence-corrected chi connectivity index (χ1v) is 7.35. The monoisotopic (exact) mass is 358 g/mol. The van der Waals surface area contributed by atoms with Crippen LogP contribution in [0.2, 0.25) is 10.0 Å². The molecule has 1 heterocycles. The van der Waals surface area contributed by atoms with Gasteiger partial charge in [0.05, 0.1) is 6.10 Å². The maximum atomic E-state index is 10.3. The largest absolute Gasteiger partial charge is 0.506 e. The predicted octanol–water partition coefficient (Wildman–Crippen LogP) is 2.85. The molecule has 23 heavy (non-hydrogen) atoms. The molecule has 2 atom stereocenters. The number of halogens is 2. The Morgan fingerprint density at radius 3 is 2.30 bits per heavy atom. The van der Waals surface area contributed by atoms with Gasteiger partial charge in [-0.25, -0.2) is 0 Å². The first-order chi connectivity index (χ1) is 10.8. The van der Waals surface area contributed by atoms with Gasteiger partial charge < -0.3 is 30.3 Å². The molecule has 0 aromatic heterocycles. The summed E-state index contributed by atoms with van der Waals surface area (Å²) in [5, 5.41) is 48.5. The smallest absolute Gasteiger partial charge is 0.160 e. The third kappa shape index (κ3) is 2.49. The molecule has 0 bridgehead atoms. The minimum Gasteiger partial charge on any atom is -0.506 e. The van der Waals surface area contributed by atoms with Crippen LogP contribution in [0.1, 0.15) is 17.2 Å². The zero-order chi connectivity index (χ0) is 16.9. The zero-order valence-electron chi connectivity index (χ0n) is 11.5. The SMILES string of the molecule is Oc1ccc([C@H]2Oc3c(Cl)c(O)c(Cl)c(O)c3C[C@@H]2O)cc1O. The summed E-state index contributed by atoms with van der Waals surface area (Å²) in [5.41, 5.74) is 0.577. The molecule has 0 unspecified atom stereocenters. The molecule has 0 saturated heterocycles. The van der Waals surface area contributed by atoms with Crippen LogP contribution in [0.15, 0.2) is 18.2 Å². The molecule has 8 heteroatoms. The van der Waals surface area contributed by atoms with Crippen molar-refractivity contribution in [1.82, 2.24) is 0 Å². The van der Waals surface area contributed by atoms with E-state index in [1.54, 1.807) is 0 Å². The number of hydrogen-bond donors (Lipinski definition) is 5. The Balaban J connectivity index is 2.08. The van der Waals surface area contributed by atoms with E-state index in [9.17, 15) is 25.5 Å². The van der Waals surface area contributed by atoms with E-state index in [-0.39, 0.29) is 39.3 Å². The summed E-state index contributed by atoms with van der Waals surface area (Å²) in [4.78, 5) is 0. The number of phenols is 4. The highest BCUT2D eigenvalue weighted by Crippen LogP contribution is 2.52. The Kier molecular flexibility index (Phi) is 3.83. The van der Waals surface area contributed by atoms with Gasteiger partial charge in [-0.1, -0.05) is 29.3 Å². The minimum absolute atomic E-state index is 0.00827. The standard InChI is InChI=1S/C15H12Cl2O6/c16-10-12(21)6-4-9(20)14(23-15(6)11(17)13(10)22)5-1-2-7(18)8(19)3-5/h1-3,9,14,18-22H,4H2/t9-,14+/m0/s1. The molecule has 6 nitrogen and oxygen atoms in total. The second-order valence-electron chi connectivity index (χ2n) is 5.19. The molecule has 122 valence electrons. The van der Waals surface area contributed by atoms with Gasteiger partial charge in [0.2, 0.25) is 0 Å². The lowest BCUT2D eigenvalue weighted by atomic mass is 9.93. The number of aliphatic hydroxyl groups excluding tert-OH is 1. The second kappa shape index (κ2) is 5.56. The van der Waals surface area contributed by atoms with E-state index in [4.69, 9.17) is 27.9 Å². The Labute approximate surface area is 140 Å². The third-order valence-corrected chi connectivity index (χ3v) is 4.43. The van der Waals surface area contributed by atoms with Gasteiger partial charge >= 0.3 is 0 Å². The van der Waals surface area contributed by atoms with E-state index in [0.717, 1.165) is 0 Å². The summed E-state index contributed by atoms with van der Waals surface area (Å²) in [6, 6.07) is 3.98. The van der Waals surface area contributed by atoms with Crippen LogP contribution in [-0.4, -0.2) is 31.6 Å². The number of benzene rings is 2. The molecule has 5 N–H and O–H groups in total. The van der Waals surface area contributed by atoms with Gasteiger partial charge in [-0.05, 0) is 17.7 Å². The van der Waals surface area contributed by atoms with E-state index in [0.29, 0.717) is 5.56 Å². The van der Waals surface area contributed by atoms with Crippen molar-refractivity contribution in [2.24, 2.45) is 0 Å². The molecule has 2 aromatic rings. The normalized spacial score (nSPS) is 20.0. The molecule has 0 spiro atoms. The predicted molar refractivity (Wildman–Crippen MR) is 82.6 cm³/mol. The first kappa shape index (κ1) is 15.9. The van der Waals surface area contributed by atoms with Crippen LogP contribution in [0.5, 0.6) is 28.7 Å². The van der Waals surface area contributed by atoms with Crippen LogP contribution in [0.3, 0.4) is 0 Å². The fourth-order valence-corrected chi connectivity index (χ4v) is 3.04. The van der Waals surface area contributed by atoms with Crippen molar-refractivity contribution in [1.29, 1.82) is 0 Å². The summed E-state index contributed by atoms with van der Waals surface area (Å²) in [6.07, 6.45) is -1.99. The van der Waals surface area contributed by atoms with Crippen LogP contribution in [-0.2, 0) is 6.42 Å². The Hall–Kier alpha value is -2.02. The average molecular weight is 359 g/mol. The van der Waals surface area contributed by atoms with Gasteiger partial charge in [-0.15, -0.1) is 0 Å². The van der Waals surface area contributed by atoms with Crippen LogP contribution < -0.4 is 4.74 Å². The summed E-state index contributed by atoms with van der Waals surface area (Å²) in [6.45, 7) is 0. The van der Waals surface area contributed by atoms with Crippen molar-refractivity contribution in [3.05, 3.63) is 39.4 Å². The highest BCUT2D eigenvalue weighted by Gasteiger charge is 2.35. The number of fused-ring (bicyclic) bond motifs is 1. The van der Waals surface area contributed by atoms with Gasteiger partial charge in [0.25, 0.3) is 0 Å². The lowest BCUT2D eigenvalue weighted by Gasteiger charge is -2.32. The summed E-state index contributed by atoms with van der Waals surface area (Å²) in [7, 11) is 0. The van der Waals surface area contributed by atoms with Crippen molar-refractivity contribution < 1.29 is 30.3 Å². The number of phenolic OH excluding ortho intramolecular Hbond substituents is 4. The minimum atomic E-state index is -1.06. The van der Waals surface area contributed by atoms with Crippen molar-refractivity contribution in [2.75, 3.05) is 0 Å². The molecule has 1 aliphatic heterocycles. The van der Waals surface area contributed by atoms with Crippen LogP contribution in [0.25, 0.3) is 0 Å². The van der Waals surface area contributed by atoms with Gasteiger partial charge in [-0.2, -0.15) is 0 Å². The lowest BCUT2D eigenvalue weighted by molar-refractivity contribution is 0.0198. The molecule has 0 aliphatic carbocycles. The Morgan fingerprint density at radius 1 is 0.957 bits per heavy atom. The maximum Gasteiger partial charge on any atom is 0.160 e. The molecular weight excluding hydrogens is 347 g/mol. The summed E-state index contributed by atoms with van der Waals surface area (Å²) < 4.78 is 5.62. The van der Waals surface area contributed by atoms with E-state index in [2.05, 4.69) is 0 Å². The maximum absolute atomic E-state index is 10.3. The lowest BCUT2D eigenvalue weighted by Crippen LogP contribution is -2.30.